The maximum absolute atomic E-state index is 11.9. The van der Waals surface area contributed by atoms with Gasteiger partial charge >= 0.3 is 0 Å². The van der Waals surface area contributed by atoms with Crippen LogP contribution in [-0.4, -0.2) is 21.6 Å². The summed E-state index contributed by atoms with van der Waals surface area (Å²) in [6.45, 7) is 0.497. The number of halogens is 1. The SMILES string of the molecule is O=S(=O)(Cc1cccc(Cl)c1)NCCOc1ccccc1. The molecule has 0 unspecified atom stereocenters. The highest BCUT2D eigenvalue weighted by Crippen LogP contribution is 2.12. The number of hydrogen-bond acceptors (Lipinski definition) is 3. The molecule has 0 saturated carbocycles. The maximum Gasteiger partial charge on any atom is 0.215 e. The zero-order valence-electron chi connectivity index (χ0n) is 11.3. The van der Waals surface area contributed by atoms with E-state index in [-0.39, 0.29) is 18.9 Å². The third-order valence-electron chi connectivity index (χ3n) is 2.68. The number of nitrogens with one attached hydrogen (secondary N) is 1. The van der Waals surface area contributed by atoms with Crippen LogP contribution in [0.4, 0.5) is 0 Å². The summed E-state index contributed by atoms with van der Waals surface area (Å²) in [6.07, 6.45) is 0. The molecule has 2 aromatic rings. The molecule has 21 heavy (non-hydrogen) atoms. The molecular weight excluding hydrogens is 310 g/mol. The molecule has 0 radical (unpaired) electrons. The summed E-state index contributed by atoms with van der Waals surface area (Å²) in [4.78, 5) is 0. The van der Waals surface area contributed by atoms with Crippen molar-refractivity contribution in [3.8, 4) is 5.75 Å². The highest BCUT2D eigenvalue weighted by Gasteiger charge is 2.11. The summed E-state index contributed by atoms with van der Waals surface area (Å²) in [7, 11) is -3.39. The Bertz CT molecular complexity index is 674. The molecule has 0 aliphatic carbocycles. The minimum atomic E-state index is -3.39. The molecule has 0 atom stereocenters. The van der Waals surface area contributed by atoms with E-state index in [1.807, 2.05) is 30.3 Å². The van der Waals surface area contributed by atoms with Crippen LogP contribution in [0.15, 0.2) is 54.6 Å². The Morgan fingerprint density at radius 1 is 1.05 bits per heavy atom. The van der Waals surface area contributed by atoms with Gasteiger partial charge in [0.15, 0.2) is 0 Å². The Labute approximate surface area is 129 Å². The number of sulfonamides is 1. The van der Waals surface area contributed by atoms with Gasteiger partial charge in [0.05, 0.1) is 5.75 Å². The van der Waals surface area contributed by atoms with Crippen LogP contribution in [0, 0.1) is 0 Å². The molecule has 1 N–H and O–H groups in total. The minimum absolute atomic E-state index is 0.0983. The molecule has 0 amide bonds. The second-order valence-corrected chi connectivity index (χ2v) is 6.69. The molecule has 0 aliphatic heterocycles. The Hall–Kier alpha value is -1.56. The summed E-state index contributed by atoms with van der Waals surface area (Å²) in [5.41, 5.74) is 0.652. The highest BCUT2D eigenvalue weighted by molar-refractivity contribution is 7.88. The van der Waals surface area contributed by atoms with Gasteiger partial charge in [0, 0.05) is 11.6 Å². The molecule has 112 valence electrons. The standard InChI is InChI=1S/C15H16ClNO3S/c16-14-6-4-5-13(11-14)12-21(18,19)17-9-10-20-15-7-2-1-3-8-15/h1-8,11,17H,9-10,12H2. The van der Waals surface area contributed by atoms with Crippen molar-refractivity contribution >= 4 is 21.6 Å². The van der Waals surface area contributed by atoms with Crippen LogP contribution < -0.4 is 9.46 Å². The van der Waals surface area contributed by atoms with Crippen molar-refractivity contribution in [3.63, 3.8) is 0 Å². The normalized spacial score (nSPS) is 11.3. The van der Waals surface area contributed by atoms with Gasteiger partial charge in [-0.15, -0.1) is 0 Å². The zero-order chi connectivity index (χ0) is 15.1. The molecule has 0 saturated heterocycles. The van der Waals surface area contributed by atoms with E-state index < -0.39 is 10.0 Å². The predicted molar refractivity (Wildman–Crippen MR) is 84.0 cm³/mol. The molecule has 0 heterocycles. The highest BCUT2D eigenvalue weighted by atomic mass is 35.5. The van der Waals surface area contributed by atoms with E-state index in [0.29, 0.717) is 16.3 Å². The van der Waals surface area contributed by atoms with Crippen molar-refractivity contribution in [1.82, 2.24) is 4.72 Å². The number of ether oxygens (including phenoxy) is 1. The van der Waals surface area contributed by atoms with Crippen LogP contribution in [0.3, 0.4) is 0 Å². The third kappa shape index (κ3) is 5.75. The van der Waals surface area contributed by atoms with Gasteiger partial charge in [0.25, 0.3) is 0 Å². The van der Waals surface area contributed by atoms with Crippen LogP contribution in [0.5, 0.6) is 5.75 Å². The molecule has 0 aliphatic rings. The largest absolute Gasteiger partial charge is 0.492 e. The Kier molecular flexibility index (Phi) is 5.61. The van der Waals surface area contributed by atoms with E-state index >= 15 is 0 Å². The fraction of sp³-hybridized carbons (Fsp3) is 0.200. The van der Waals surface area contributed by atoms with E-state index in [1.165, 1.54) is 0 Å². The van der Waals surface area contributed by atoms with E-state index in [9.17, 15) is 8.42 Å². The molecule has 2 aromatic carbocycles. The van der Waals surface area contributed by atoms with Crippen LogP contribution >= 0.6 is 11.6 Å². The van der Waals surface area contributed by atoms with Gasteiger partial charge in [-0.3, -0.25) is 0 Å². The van der Waals surface area contributed by atoms with Crippen LogP contribution in [0.25, 0.3) is 0 Å². The van der Waals surface area contributed by atoms with Crippen molar-refractivity contribution < 1.29 is 13.2 Å². The first kappa shape index (κ1) is 15.8. The van der Waals surface area contributed by atoms with Crippen molar-refractivity contribution in [2.24, 2.45) is 0 Å². The molecule has 2 rings (SSSR count). The second-order valence-electron chi connectivity index (χ2n) is 4.44. The van der Waals surface area contributed by atoms with Gasteiger partial charge in [-0.05, 0) is 29.8 Å². The Morgan fingerprint density at radius 3 is 2.52 bits per heavy atom. The second kappa shape index (κ2) is 7.45. The summed E-state index contributed by atoms with van der Waals surface area (Å²) in [5, 5.41) is 0.523. The summed E-state index contributed by atoms with van der Waals surface area (Å²) in [5.74, 6) is 0.616. The fourth-order valence-corrected chi connectivity index (χ4v) is 3.11. The van der Waals surface area contributed by atoms with Gasteiger partial charge < -0.3 is 4.74 Å². The first-order valence-corrected chi connectivity index (χ1v) is 8.48. The van der Waals surface area contributed by atoms with Crippen molar-refractivity contribution in [3.05, 3.63) is 65.2 Å². The van der Waals surface area contributed by atoms with Gasteiger partial charge in [0.2, 0.25) is 10.0 Å². The van der Waals surface area contributed by atoms with Crippen LogP contribution in [0.2, 0.25) is 5.02 Å². The van der Waals surface area contributed by atoms with E-state index in [2.05, 4.69) is 4.72 Å². The average Bonchev–Trinajstić information content (AvgIpc) is 2.44. The number of hydrogen-bond donors (Lipinski definition) is 1. The molecule has 0 fully saturated rings. The fourth-order valence-electron chi connectivity index (χ4n) is 1.78. The average molecular weight is 326 g/mol. The summed E-state index contributed by atoms with van der Waals surface area (Å²) in [6, 6.07) is 16.1. The molecular formula is C15H16ClNO3S. The quantitative estimate of drug-likeness (QED) is 0.796. The lowest BCUT2D eigenvalue weighted by atomic mass is 10.2. The molecule has 0 spiro atoms. The first-order valence-electron chi connectivity index (χ1n) is 6.45. The van der Waals surface area contributed by atoms with Gasteiger partial charge in [-0.1, -0.05) is 41.9 Å². The maximum atomic E-state index is 11.9. The lowest BCUT2D eigenvalue weighted by Crippen LogP contribution is -2.29. The lowest BCUT2D eigenvalue weighted by Gasteiger charge is -2.08. The number of rotatable bonds is 7. The summed E-state index contributed by atoms with van der Waals surface area (Å²) < 4.78 is 31.7. The summed E-state index contributed by atoms with van der Waals surface area (Å²) >= 11 is 5.83. The topological polar surface area (TPSA) is 55.4 Å². The Morgan fingerprint density at radius 2 is 1.81 bits per heavy atom. The smallest absolute Gasteiger partial charge is 0.215 e. The van der Waals surface area contributed by atoms with E-state index in [4.69, 9.17) is 16.3 Å². The first-order chi connectivity index (χ1) is 10.1. The molecule has 6 heteroatoms. The van der Waals surface area contributed by atoms with Crippen molar-refractivity contribution in [2.75, 3.05) is 13.2 Å². The van der Waals surface area contributed by atoms with E-state index in [0.717, 1.165) is 0 Å². The van der Waals surface area contributed by atoms with Crippen molar-refractivity contribution in [1.29, 1.82) is 0 Å². The zero-order valence-corrected chi connectivity index (χ0v) is 12.9. The van der Waals surface area contributed by atoms with Gasteiger partial charge in [-0.25, -0.2) is 13.1 Å². The third-order valence-corrected chi connectivity index (χ3v) is 4.27. The predicted octanol–water partition coefficient (Wildman–Crippen LogP) is 2.84. The van der Waals surface area contributed by atoms with Crippen molar-refractivity contribution in [2.45, 2.75) is 5.75 Å². The van der Waals surface area contributed by atoms with E-state index in [1.54, 1.807) is 24.3 Å². The molecule has 0 bridgehead atoms. The lowest BCUT2D eigenvalue weighted by molar-refractivity contribution is 0.323. The monoisotopic (exact) mass is 325 g/mol. The van der Waals surface area contributed by atoms with Crippen LogP contribution in [-0.2, 0) is 15.8 Å². The molecule has 0 aromatic heterocycles. The Balaban J connectivity index is 1.79. The minimum Gasteiger partial charge on any atom is -0.492 e. The van der Waals surface area contributed by atoms with Gasteiger partial charge in [-0.2, -0.15) is 0 Å². The number of para-hydroxylation sites is 1. The molecule has 4 nitrogen and oxygen atoms in total. The van der Waals surface area contributed by atoms with Crippen LogP contribution in [0.1, 0.15) is 5.56 Å². The number of benzene rings is 2. The van der Waals surface area contributed by atoms with Gasteiger partial charge in [0.1, 0.15) is 12.4 Å².